The van der Waals surface area contributed by atoms with Crippen molar-refractivity contribution in [3.63, 3.8) is 0 Å². The van der Waals surface area contributed by atoms with Gasteiger partial charge in [-0.15, -0.1) is 0 Å². The van der Waals surface area contributed by atoms with E-state index in [1.807, 2.05) is 12.1 Å². The smallest absolute Gasteiger partial charge is 0.302 e. The Hall–Kier alpha value is -2.21. The van der Waals surface area contributed by atoms with Gasteiger partial charge in [0.05, 0.1) is 0 Å². The fourth-order valence-electron chi connectivity index (χ4n) is 8.89. The van der Waals surface area contributed by atoms with Gasteiger partial charge < -0.3 is 15.2 Å². The minimum absolute atomic E-state index is 0.0591. The zero-order chi connectivity index (χ0) is 25.8. The van der Waals surface area contributed by atoms with Gasteiger partial charge in [0.2, 0.25) is 0 Å². The number of Topliss-reactive ketones (excluding diaryl/α,β-unsaturated/α-hetero) is 1. The molecule has 4 fully saturated rings. The molecular formula is C30H41NO5. The van der Waals surface area contributed by atoms with E-state index in [4.69, 9.17) is 15.2 Å². The topological polar surface area (TPSA) is 95.7 Å². The number of ether oxygens (including phenoxy) is 2. The summed E-state index contributed by atoms with van der Waals surface area (Å²) in [5, 5.41) is 0. The molecule has 5 rings (SSSR count). The molecular weight excluding hydrogens is 454 g/mol. The summed E-state index contributed by atoms with van der Waals surface area (Å²) in [6.07, 6.45) is 5.89. The third-order valence-electron chi connectivity index (χ3n) is 10.6. The first-order valence-electron chi connectivity index (χ1n) is 13.7. The maximum absolute atomic E-state index is 14.0. The van der Waals surface area contributed by atoms with Gasteiger partial charge in [0.1, 0.15) is 18.0 Å². The summed E-state index contributed by atoms with van der Waals surface area (Å²) in [5.41, 5.74) is 7.71. The summed E-state index contributed by atoms with van der Waals surface area (Å²) < 4.78 is 11.7. The quantitative estimate of drug-likeness (QED) is 0.596. The van der Waals surface area contributed by atoms with Gasteiger partial charge >= 0.3 is 11.9 Å². The van der Waals surface area contributed by atoms with Crippen molar-refractivity contribution in [3.05, 3.63) is 35.4 Å². The molecule has 6 heteroatoms. The standard InChI is InChI=1S/C30H41NO5/c1-17(32)35-22-8-10-29(3)21(13-22)14-26(36-18(2)33)27-24(29)9-11-30(4)25(27)15-23(28(30)34)20-7-5-6-19(12-20)16-31/h5-7,12,21-27H,8-11,13-16,31H2,1-4H3/t21-,22+,23?,24-,25-,26+,27+,29-,30-/m0/s1. The highest BCUT2D eigenvalue weighted by Crippen LogP contribution is 2.67. The first-order chi connectivity index (χ1) is 17.1. The molecule has 4 saturated carbocycles. The van der Waals surface area contributed by atoms with E-state index < -0.39 is 5.41 Å². The average Bonchev–Trinajstić information content (AvgIpc) is 3.10. The van der Waals surface area contributed by atoms with E-state index in [1.165, 1.54) is 13.8 Å². The van der Waals surface area contributed by atoms with Crippen LogP contribution in [0.25, 0.3) is 0 Å². The Balaban J connectivity index is 1.48. The van der Waals surface area contributed by atoms with Gasteiger partial charge in [-0.05, 0) is 79.2 Å². The number of fused-ring (bicyclic) bond motifs is 5. The van der Waals surface area contributed by atoms with Crippen molar-refractivity contribution in [2.45, 2.75) is 97.3 Å². The van der Waals surface area contributed by atoms with Gasteiger partial charge in [0.25, 0.3) is 0 Å². The number of carbonyl (C=O) groups excluding carboxylic acids is 3. The highest BCUT2D eigenvalue weighted by molar-refractivity contribution is 5.93. The van der Waals surface area contributed by atoms with Crippen molar-refractivity contribution in [2.75, 3.05) is 0 Å². The van der Waals surface area contributed by atoms with Crippen molar-refractivity contribution in [1.29, 1.82) is 0 Å². The number of carbonyl (C=O) groups is 3. The average molecular weight is 496 g/mol. The zero-order valence-corrected chi connectivity index (χ0v) is 22.1. The number of nitrogens with two attached hydrogens (primary N) is 1. The molecule has 4 aliphatic rings. The van der Waals surface area contributed by atoms with Crippen molar-refractivity contribution in [2.24, 2.45) is 40.2 Å². The van der Waals surface area contributed by atoms with E-state index in [0.29, 0.717) is 24.2 Å². The summed E-state index contributed by atoms with van der Waals surface area (Å²) in [4.78, 5) is 37.9. The Kier molecular flexibility index (Phi) is 6.55. The van der Waals surface area contributed by atoms with Crippen molar-refractivity contribution >= 4 is 17.7 Å². The maximum atomic E-state index is 14.0. The van der Waals surface area contributed by atoms with Crippen LogP contribution in [0.2, 0.25) is 0 Å². The SMILES string of the molecule is CC(=O)O[C@@H]1CC[C@@]2(C)[C@@H](C1)C[C@@H](OC(C)=O)[C@@H]1[C@@H]2CC[C@]2(C)C(=O)C(c3cccc(CN)c3)C[C@@H]12. The van der Waals surface area contributed by atoms with Gasteiger partial charge in [0, 0.05) is 37.6 Å². The fourth-order valence-corrected chi connectivity index (χ4v) is 8.89. The number of hydrogen-bond donors (Lipinski definition) is 1. The molecule has 4 aliphatic carbocycles. The second-order valence-corrected chi connectivity index (χ2v) is 12.4. The molecule has 0 amide bonds. The molecule has 0 spiro atoms. The molecule has 0 heterocycles. The molecule has 1 aromatic rings. The van der Waals surface area contributed by atoms with Gasteiger partial charge in [-0.3, -0.25) is 14.4 Å². The van der Waals surface area contributed by atoms with Crippen LogP contribution in [0.1, 0.15) is 89.7 Å². The predicted octanol–water partition coefficient (Wildman–Crippen LogP) is 4.92. The fraction of sp³-hybridized carbons (Fsp3) is 0.700. The first kappa shape index (κ1) is 25.4. The molecule has 36 heavy (non-hydrogen) atoms. The van der Waals surface area contributed by atoms with Crippen LogP contribution in [0.4, 0.5) is 0 Å². The van der Waals surface area contributed by atoms with Crippen LogP contribution >= 0.6 is 0 Å². The third-order valence-corrected chi connectivity index (χ3v) is 10.6. The number of ketones is 1. The van der Waals surface area contributed by atoms with E-state index in [1.54, 1.807) is 0 Å². The van der Waals surface area contributed by atoms with Crippen LogP contribution in [-0.2, 0) is 30.4 Å². The lowest BCUT2D eigenvalue weighted by atomic mass is 9.44. The van der Waals surface area contributed by atoms with E-state index in [0.717, 1.165) is 56.1 Å². The van der Waals surface area contributed by atoms with E-state index in [2.05, 4.69) is 26.0 Å². The largest absolute Gasteiger partial charge is 0.463 e. The predicted molar refractivity (Wildman–Crippen MR) is 136 cm³/mol. The molecule has 0 radical (unpaired) electrons. The van der Waals surface area contributed by atoms with Gasteiger partial charge in [-0.1, -0.05) is 38.1 Å². The number of benzene rings is 1. The summed E-state index contributed by atoms with van der Waals surface area (Å²) >= 11 is 0. The summed E-state index contributed by atoms with van der Waals surface area (Å²) in [6, 6.07) is 8.18. The number of esters is 2. The second-order valence-electron chi connectivity index (χ2n) is 12.4. The molecule has 1 unspecified atom stereocenters. The molecule has 2 N–H and O–H groups in total. The monoisotopic (exact) mass is 495 g/mol. The van der Waals surface area contributed by atoms with E-state index >= 15 is 0 Å². The Bertz CT molecular complexity index is 1050. The van der Waals surface area contributed by atoms with Gasteiger partial charge in [-0.2, -0.15) is 0 Å². The molecule has 0 saturated heterocycles. The lowest BCUT2D eigenvalue weighted by Gasteiger charge is -2.61. The Labute approximate surface area is 214 Å². The maximum Gasteiger partial charge on any atom is 0.302 e. The van der Waals surface area contributed by atoms with Crippen molar-refractivity contribution in [1.82, 2.24) is 0 Å². The number of rotatable bonds is 4. The molecule has 0 bridgehead atoms. The minimum atomic E-state index is -0.402. The zero-order valence-electron chi connectivity index (χ0n) is 22.1. The van der Waals surface area contributed by atoms with Crippen molar-refractivity contribution in [3.8, 4) is 0 Å². The van der Waals surface area contributed by atoms with E-state index in [9.17, 15) is 14.4 Å². The third kappa shape index (κ3) is 4.09. The molecule has 0 aromatic heterocycles. The molecule has 0 aliphatic heterocycles. The normalized spacial score (nSPS) is 41.6. The molecule has 1 aromatic carbocycles. The van der Waals surface area contributed by atoms with Gasteiger partial charge in [-0.25, -0.2) is 0 Å². The lowest BCUT2D eigenvalue weighted by molar-refractivity contribution is -0.193. The summed E-state index contributed by atoms with van der Waals surface area (Å²) in [6.45, 7) is 8.01. The van der Waals surface area contributed by atoms with Crippen LogP contribution in [0.5, 0.6) is 0 Å². The molecule has 6 nitrogen and oxygen atoms in total. The second kappa shape index (κ2) is 9.27. The Morgan fingerprint density at radius 3 is 2.44 bits per heavy atom. The first-order valence-corrected chi connectivity index (χ1v) is 13.7. The highest BCUT2D eigenvalue weighted by atomic mass is 16.5. The van der Waals surface area contributed by atoms with Crippen LogP contribution in [0.3, 0.4) is 0 Å². The number of hydrogen-bond acceptors (Lipinski definition) is 6. The minimum Gasteiger partial charge on any atom is -0.463 e. The molecule has 9 atom stereocenters. The van der Waals surface area contributed by atoms with Crippen molar-refractivity contribution < 1.29 is 23.9 Å². The van der Waals surface area contributed by atoms with Crippen LogP contribution in [0.15, 0.2) is 24.3 Å². The summed E-state index contributed by atoms with van der Waals surface area (Å²) in [5.74, 6) is 0.809. The lowest BCUT2D eigenvalue weighted by Crippen LogP contribution is -2.59. The van der Waals surface area contributed by atoms with Crippen LogP contribution < -0.4 is 5.73 Å². The molecule has 196 valence electrons. The van der Waals surface area contributed by atoms with Crippen LogP contribution in [-0.4, -0.2) is 29.9 Å². The van der Waals surface area contributed by atoms with E-state index in [-0.39, 0.29) is 47.3 Å². The van der Waals surface area contributed by atoms with Crippen LogP contribution in [0, 0.1) is 34.5 Å². The Morgan fingerprint density at radius 1 is 1.00 bits per heavy atom. The highest BCUT2D eigenvalue weighted by Gasteiger charge is 2.65. The Morgan fingerprint density at radius 2 is 1.75 bits per heavy atom. The summed E-state index contributed by atoms with van der Waals surface area (Å²) in [7, 11) is 0. The van der Waals surface area contributed by atoms with Gasteiger partial charge in [0.15, 0.2) is 0 Å².